The zero-order valence-electron chi connectivity index (χ0n) is 10.5. The highest BCUT2D eigenvalue weighted by Crippen LogP contribution is 2.22. The van der Waals surface area contributed by atoms with Crippen LogP contribution < -0.4 is 10.2 Å². The number of aryl methyl sites for hydroxylation is 1. The molecule has 0 unspecified atom stereocenters. The number of amides is 1. The fraction of sp³-hybridized carbons (Fsp3) is 0.583. The van der Waals surface area contributed by atoms with Gasteiger partial charge in [-0.05, 0) is 31.4 Å². The van der Waals surface area contributed by atoms with E-state index in [4.69, 9.17) is 0 Å². The van der Waals surface area contributed by atoms with E-state index < -0.39 is 0 Å². The Morgan fingerprint density at radius 2 is 2.29 bits per heavy atom. The third-order valence-electron chi connectivity index (χ3n) is 3.23. The number of rotatable bonds is 2. The molecule has 0 radical (unpaired) electrons. The summed E-state index contributed by atoms with van der Waals surface area (Å²) in [6.45, 7) is 7.39. The maximum Gasteiger partial charge on any atom is 0.217 e. The first-order chi connectivity index (χ1) is 8.08. The largest absolute Gasteiger partial charge is 0.353 e. The van der Waals surface area contributed by atoms with Crippen molar-refractivity contribution in [2.24, 2.45) is 0 Å². The molecule has 0 bridgehead atoms. The quantitative estimate of drug-likeness (QED) is 0.822. The van der Waals surface area contributed by atoms with Crippen LogP contribution in [0.25, 0.3) is 0 Å². The second-order valence-corrected chi connectivity index (χ2v) is 4.61. The zero-order chi connectivity index (χ0) is 12.4. The summed E-state index contributed by atoms with van der Waals surface area (Å²) in [6, 6.07) is 0.231. The number of carbonyl (C=O) groups excluding carboxylic acids is 1. The highest BCUT2D eigenvalue weighted by molar-refractivity contribution is 5.73. The van der Waals surface area contributed by atoms with Crippen LogP contribution in [0, 0.1) is 13.8 Å². The molecule has 0 aromatic carbocycles. The van der Waals surface area contributed by atoms with Crippen LogP contribution in [0.15, 0.2) is 6.20 Å². The smallest absolute Gasteiger partial charge is 0.217 e. The van der Waals surface area contributed by atoms with Gasteiger partial charge in [0.25, 0.3) is 0 Å². The standard InChI is InChI=1S/C12H18N4O/c1-8-6-13-15-12(9(8)2)16-5-4-11(7-16)14-10(3)17/h6,11H,4-5,7H2,1-3H3,(H,14,17)/t11-/m0/s1. The fourth-order valence-electron chi connectivity index (χ4n) is 2.18. The van der Waals surface area contributed by atoms with Crippen molar-refractivity contribution in [3.05, 3.63) is 17.3 Å². The van der Waals surface area contributed by atoms with E-state index in [2.05, 4.69) is 27.3 Å². The van der Waals surface area contributed by atoms with Crippen molar-refractivity contribution in [1.29, 1.82) is 0 Å². The topological polar surface area (TPSA) is 58.1 Å². The molecule has 1 aromatic heterocycles. The van der Waals surface area contributed by atoms with Gasteiger partial charge in [-0.3, -0.25) is 4.79 Å². The lowest BCUT2D eigenvalue weighted by molar-refractivity contribution is -0.119. The second kappa shape index (κ2) is 4.69. The minimum absolute atomic E-state index is 0.0314. The van der Waals surface area contributed by atoms with Crippen molar-refractivity contribution in [3.63, 3.8) is 0 Å². The number of aromatic nitrogens is 2. The van der Waals surface area contributed by atoms with Crippen LogP contribution in [0.1, 0.15) is 24.5 Å². The average Bonchev–Trinajstić information content (AvgIpc) is 2.69. The molecule has 0 saturated carbocycles. The van der Waals surface area contributed by atoms with Gasteiger partial charge in [-0.1, -0.05) is 0 Å². The van der Waals surface area contributed by atoms with Crippen LogP contribution >= 0.6 is 0 Å². The molecular formula is C12H18N4O. The Bertz CT molecular complexity index is 433. The summed E-state index contributed by atoms with van der Waals surface area (Å²) in [6.07, 6.45) is 2.74. The van der Waals surface area contributed by atoms with Crippen molar-refractivity contribution in [2.45, 2.75) is 33.2 Å². The van der Waals surface area contributed by atoms with Crippen LogP contribution in [0.2, 0.25) is 0 Å². The van der Waals surface area contributed by atoms with E-state index in [0.717, 1.165) is 30.9 Å². The van der Waals surface area contributed by atoms with E-state index in [-0.39, 0.29) is 11.9 Å². The van der Waals surface area contributed by atoms with Gasteiger partial charge in [0, 0.05) is 26.1 Å². The molecule has 1 amide bonds. The molecule has 5 heteroatoms. The number of nitrogens with zero attached hydrogens (tertiary/aromatic N) is 3. The van der Waals surface area contributed by atoms with Crippen LogP contribution in [0.3, 0.4) is 0 Å². The Morgan fingerprint density at radius 3 is 3.00 bits per heavy atom. The summed E-state index contributed by atoms with van der Waals surface area (Å²) in [5.41, 5.74) is 2.32. The Labute approximate surface area is 101 Å². The number of hydrogen-bond acceptors (Lipinski definition) is 4. The van der Waals surface area contributed by atoms with Gasteiger partial charge in [-0.15, -0.1) is 5.10 Å². The molecule has 2 rings (SSSR count). The third kappa shape index (κ3) is 2.54. The average molecular weight is 234 g/mol. The summed E-state index contributed by atoms with van der Waals surface area (Å²) in [5.74, 6) is 0.974. The lowest BCUT2D eigenvalue weighted by Gasteiger charge is -2.19. The van der Waals surface area contributed by atoms with Crippen LogP contribution in [0.5, 0.6) is 0 Å². The maximum atomic E-state index is 11.0. The van der Waals surface area contributed by atoms with Gasteiger partial charge >= 0.3 is 0 Å². The predicted octanol–water partition coefficient (Wildman–Crippen LogP) is 0.808. The van der Waals surface area contributed by atoms with Gasteiger partial charge in [-0.25, -0.2) is 0 Å². The maximum absolute atomic E-state index is 11.0. The molecule has 1 aliphatic rings. The van der Waals surface area contributed by atoms with E-state index in [1.165, 1.54) is 5.56 Å². The molecule has 0 spiro atoms. The van der Waals surface area contributed by atoms with E-state index in [9.17, 15) is 4.79 Å². The Balaban J connectivity index is 2.10. The van der Waals surface area contributed by atoms with Crippen LogP contribution in [-0.4, -0.2) is 35.2 Å². The molecule has 1 atom stereocenters. The summed E-state index contributed by atoms with van der Waals surface area (Å²) < 4.78 is 0. The molecule has 0 aliphatic carbocycles. The molecule has 17 heavy (non-hydrogen) atoms. The Hall–Kier alpha value is -1.65. The first-order valence-corrected chi connectivity index (χ1v) is 5.89. The van der Waals surface area contributed by atoms with E-state index in [1.54, 1.807) is 13.1 Å². The summed E-state index contributed by atoms with van der Waals surface area (Å²) in [7, 11) is 0. The third-order valence-corrected chi connectivity index (χ3v) is 3.23. The van der Waals surface area contributed by atoms with E-state index in [1.807, 2.05) is 6.92 Å². The van der Waals surface area contributed by atoms with Gasteiger partial charge in [0.1, 0.15) is 0 Å². The first kappa shape index (κ1) is 11.8. The van der Waals surface area contributed by atoms with Crippen molar-refractivity contribution in [1.82, 2.24) is 15.5 Å². The highest BCUT2D eigenvalue weighted by Gasteiger charge is 2.25. The number of anilines is 1. The molecule has 2 heterocycles. The van der Waals surface area contributed by atoms with Gasteiger partial charge in [-0.2, -0.15) is 5.10 Å². The van der Waals surface area contributed by atoms with Gasteiger partial charge < -0.3 is 10.2 Å². The second-order valence-electron chi connectivity index (χ2n) is 4.61. The Kier molecular flexibility index (Phi) is 3.26. The van der Waals surface area contributed by atoms with Crippen LogP contribution in [-0.2, 0) is 4.79 Å². The minimum atomic E-state index is 0.0314. The summed E-state index contributed by atoms with van der Waals surface area (Å²) >= 11 is 0. The molecule has 5 nitrogen and oxygen atoms in total. The fourth-order valence-corrected chi connectivity index (χ4v) is 2.18. The first-order valence-electron chi connectivity index (χ1n) is 5.89. The van der Waals surface area contributed by atoms with Gasteiger partial charge in [0.2, 0.25) is 5.91 Å². The van der Waals surface area contributed by atoms with Gasteiger partial charge in [0.15, 0.2) is 5.82 Å². The molecule has 92 valence electrons. The monoisotopic (exact) mass is 234 g/mol. The summed E-state index contributed by atoms with van der Waals surface area (Å²) in [4.78, 5) is 13.2. The minimum Gasteiger partial charge on any atom is -0.353 e. The number of carbonyl (C=O) groups is 1. The molecule has 1 fully saturated rings. The highest BCUT2D eigenvalue weighted by atomic mass is 16.1. The van der Waals surface area contributed by atoms with Crippen molar-refractivity contribution in [2.75, 3.05) is 18.0 Å². The molecule has 1 saturated heterocycles. The zero-order valence-corrected chi connectivity index (χ0v) is 10.5. The number of hydrogen-bond donors (Lipinski definition) is 1. The number of nitrogens with one attached hydrogen (secondary N) is 1. The SMILES string of the molecule is CC(=O)N[C@H]1CCN(c2nncc(C)c2C)C1. The predicted molar refractivity (Wildman–Crippen MR) is 65.9 cm³/mol. The summed E-state index contributed by atoms with van der Waals surface area (Å²) in [5, 5.41) is 11.1. The lowest BCUT2D eigenvalue weighted by atomic mass is 10.2. The van der Waals surface area contributed by atoms with E-state index in [0.29, 0.717) is 0 Å². The van der Waals surface area contributed by atoms with Crippen molar-refractivity contribution >= 4 is 11.7 Å². The van der Waals surface area contributed by atoms with E-state index >= 15 is 0 Å². The van der Waals surface area contributed by atoms with Crippen LogP contribution in [0.4, 0.5) is 5.82 Å². The molecule has 1 aromatic rings. The van der Waals surface area contributed by atoms with Crippen molar-refractivity contribution in [3.8, 4) is 0 Å². The Morgan fingerprint density at radius 1 is 1.53 bits per heavy atom. The van der Waals surface area contributed by atoms with Gasteiger partial charge in [0.05, 0.1) is 6.20 Å². The van der Waals surface area contributed by atoms with Crippen molar-refractivity contribution < 1.29 is 4.79 Å². The molecule has 1 N–H and O–H groups in total. The normalized spacial score (nSPS) is 19.5. The lowest BCUT2D eigenvalue weighted by Crippen LogP contribution is -2.35. The molecular weight excluding hydrogens is 216 g/mol. The molecule has 1 aliphatic heterocycles.